The molecule has 1 aromatic heterocycles. The molecule has 0 spiro atoms. The Hall–Kier alpha value is -1.32. The molecule has 0 aliphatic carbocycles. The first-order valence-corrected chi connectivity index (χ1v) is 7.05. The maximum Gasteiger partial charge on any atom is 0.0859 e. The lowest BCUT2D eigenvalue weighted by Gasteiger charge is -2.24. The minimum atomic E-state index is 0.517. The smallest absolute Gasteiger partial charge is 0.0859 e. The first kappa shape index (κ1) is 13.1. The van der Waals surface area contributed by atoms with Crippen LogP contribution in [-0.2, 0) is 13.0 Å². The molecule has 0 fully saturated rings. The zero-order valence-corrected chi connectivity index (χ0v) is 11.8. The van der Waals surface area contributed by atoms with Crippen LogP contribution >= 0.6 is 11.3 Å². The fraction of sp³-hybridized carbons (Fsp3) is 0.333. The summed E-state index contributed by atoms with van der Waals surface area (Å²) in [7, 11) is 2.18. The van der Waals surface area contributed by atoms with Crippen molar-refractivity contribution in [3.8, 4) is 0 Å². The van der Waals surface area contributed by atoms with Gasteiger partial charge in [-0.15, -0.1) is 11.3 Å². The summed E-state index contributed by atoms with van der Waals surface area (Å²) in [6.45, 7) is 3.25. The Labute approximate surface area is 113 Å². The summed E-state index contributed by atoms with van der Waals surface area (Å²) in [4.78, 5) is 3.74. The fourth-order valence-corrected chi connectivity index (χ4v) is 2.88. The van der Waals surface area contributed by atoms with Crippen LogP contribution in [0.3, 0.4) is 0 Å². The van der Waals surface area contributed by atoms with E-state index in [9.17, 15) is 0 Å². The molecule has 0 aliphatic rings. The second kappa shape index (κ2) is 6.03. The Kier molecular flexibility index (Phi) is 4.39. The van der Waals surface area contributed by atoms with Crippen molar-refractivity contribution in [2.75, 3.05) is 12.8 Å². The summed E-state index contributed by atoms with van der Waals surface area (Å²) < 4.78 is 0. The Bertz CT molecular complexity index is 478. The Morgan fingerprint density at radius 1 is 1.17 bits per heavy atom. The number of thiophene rings is 1. The average Bonchev–Trinajstić information content (AvgIpc) is 2.76. The minimum absolute atomic E-state index is 0.517. The van der Waals surface area contributed by atoms with E-state index in [0.717, 1.165) is 18.0 Å². The van der Waals surface area contributed by atoms with E-state index in [0.29, 0.717) is 6.04 Å². The van der Waals surface area contributed by atoms with Crippen molar-refractivity contribution in [2.24, 2.45) is 0 Å². The lowest BCUT2D eigenvalue weighted by Crippen LogP contribution is -2.30. The number of nitrogens with two attached hydrogens (primary N) is 1. The Morgan fingerprint density at radius 2 is 1.89 bits per heavy atom. The normalized spacial score (nSPS) is 12.8. The number of rotatable bonds is 5. The zero-order chi connectivity index (χ0) is 13.0. The topological polar surface area (TPSA) is 29.3 Å². The summed E-state index contributed by atoms with van der Waals surface area (Å²) in [5.74, 6) is 0. The number of anilines is 1. The standard InChI is InChI=1S/C15H20N2S/c1-12(10-14-8-9-15(16)18-14)17(2)11-13-6-4-3-5-7-13/h3-9,12H,10-11,16H2,1-2H3. The number of likely N-dealkylation sites (N-methyl/N-ethyl adjacent to an activating group) is 1. The van der Waals surface area contributed by atoms with Gasteiger partial charge in [0.25, 0.3) is 0 Å². The molecular formula is C15H20N2S. The Balaban J connectivity index is 1.90. The van der Waals surface area contributed by atoms with Crippen LogP contribution in [0.25, 0.3) is 0 Å². The first-order chi connectivity index (χ1) is 8.65. The molecular weight excluding hydrogens is 240 g/mol. The molecule has 2 rings (SSSR count). The van der Waals surface area contributed by atoms with Crippen molar-refractivity contribution >= 4 is 16.3 Å². The molecule has 2 N–H and O–H groups in total. The molecule has 0 saturated heterocycles. The average molecular weight is 260 g/mol. The van der Waals surface area contributed by atoms with Gasteiger partial charge in [0.1, 0.15) is 0 Å². The molecule has 1 aromatic carbocycles. The van der Waals surface area contributed by atoms with E-state index < -0.39 is 0 Å². The van der Waals surface area contributed by atoms with Gasteiger partial charge in [0.15, 0.2) is 0 Å². The number of hydrogen-bond donors (Lipinski definition) is 1. The fourth-order valence-electron chi connectivity index (χ4n) is 1.98. The molecule has 0 amide bonds. The molecule has 1 unspecified atom stereocenters. The van der Waals surface area contributed by atoms with E-state index in [-0.39, 0.29) is 0 Å². The molecule has 3 heteroatoms. The van der Waals surface area contributed by atoms with E-state index in [2.05, 4.69) is 55.3 Å². The lowest BCUT2D eigenvalue weighted by atomic mass is 10.1. The number of hydrogen-bond acceptors (Lipinski definition) is 3. The largest absolute Gasteiger partial charge is 0.391 e. The third-order valence-corrected chi connectivity index (χ3v) is 4.14. The van der Waals surface area contributed by atoms with E-state index in [1.807, 2.05) is 6.07 Å². The van der Waals surface area contributed by atoms with E-state index in [1.165, 1.54) is 10.4 Å². The highest BCUT2D eigenvalue weighted by atomic mass is 32.1. The first-order valence-electron chi connectivity index (χ1n) is 6.23. The molecule has 2 aromatic rings. The SMILES string of the molecule is CC(Cc1ccc(N)s1)N(C)Cc1ccccc1. The summed E-state index contributed by atoms with van der Waals surface area (Å²) in [6, 6.07) is 15.2. The highest BCUT2D eigenvalue weighted by molar-refractivity contribution is 7.15. The highest BCUT2D eigenvalue weighted by Crippen LogP contribution is 2.21. The van der Waals surface area contributed by atoms with Crippen LogP contribution in [0.15, 0.2) is 42.5 Å². The van der Waals surface area contributed by atoms with Gasteiger partial charge < -0.3 is 5.73 Å². The zero-order valence-electron chi connectivity index (χ0n) is 11.0. The maximum absolute atomic E-state index is 5.76. The number of nitrogens with zero attached hydrogens (tertiary/aromatic N) is 1. The van der Waals surface area contributed by atoms with Gasteiger partial charge in [-0.2, -0.15) is 0 Å². The van der Waals surface area contributed by atoms with Crippen molar-refractivity contribution in [3.63, 3.8) is 0 Å². The third-order valence-electron chi connectivity index (χ3n) is 3.21. The van der Waals surface area contributed by atoms with Gasteiger partial charge in [-0.1, -0.05) is 30.3 Å². The van der Waals surface area contributed by atoms with E-state index in [4.69, 9.17) is 5.73 Å². The molecule has 0 saturated carbocycles. The second-order valence-electron chi connectivity index (χ2n) is 4.76. The van der Waals surface area contributed by atoms with Crippen molar-refractivity contribution in [3.05, 3.63) is 52.9 Å². The van der Waals surface area contributed by atoms with Crippen molar-refractivity contribution in [1.82, 2.24) is 4.90 Å². The highest BCUT2D eigenvalue weighted by Gasteiger charge is 2.11. The van der Waals surface area contributed by atoms with Gasteiger partial charge >= 0.3 is 0 Å². The van der Waals surface area contributed by atoms with Crippen LogP contribution in [0.5, 0.6) is 0 Å². The second-order valence-corrected chi connectivity index (χ2v) is 5.96. The van der Waals surface area contributed by atoms with E-state index >= 15 is 0 Å². The predicted octanol–water partition coefficient (Wildman–Crippen LogP) is 3.39. The molecule has 0 bridgehead atoms. The maximum atomic E-state index is 5.76. The van der Waals surface area contributed by atoms with Crippen LogP contribution in [-0.4, -0.2) is 18.0 Å². The number of benzene rings is 1. The van der Waals surface area contributed by atoms with Crippen LogP contribution in [0.2, 0.25) is 0 Å². The molecule has 0 radical (unpaired) electrons. The van der Waals surface area contributed by atoms with Gasteiger partial charge in [-0.05, 0) is 38.1 Å². The molecule has 96 valence electrons. The summed E-state index contributed by atoms with van der Waals surface area (Å²) in [5.41, 5.74) is 7.12. The minimum Gasteiger partial charge on any atom is -0.391 e. The van der Waals surface area contributed by atoms with Crippen molar-refractivity contribution < 1.29 is 0 Å². The van der Waals surface area contributed by atoms with Gasteiger partial charge in [0, 0.05) is 17.5 Å². The molecule has 1 atom stereocenters. The predicted molar refractivity (Wildman–Crippen MR) is 79.8 cm³/mol. The Morgan fingerprint density at radius 3 is 2.50 bits per heavy atom. The number of nitrogen functional groups attached to an aromatic ring is 1. The summed E-state index contributed by atoms with van der Waals surface area (Å²) >= 11 is 1.69. The molecule has 0 aliphatic heterocycles. The quantitative estimate of drug-likeness (QED) is 0.893. The van der Waals surface area contributed by atoms with Crippen LogP contribution < -0.4 is 5.73 Å². The van der Waals surface area contributed by atoms with Crippen LogP contribution in [0.1, 0.15) is 17.4 Å². The van der Waals surface area contributed by atoms with Gasteiger partial charge in [0.05, 0.1) is 5.00 Å². The third kappa shape index (κ3) is 3.59. The van der Waals surface area contributed by atoms with Crippen molar-refractivity contribution in [1.29, 1.82) is 0 Å². The van der Waals surface area contributed by atoms with E-state index in [1.54, 1.807) is 11.3 Å². The van der Waals surface area contributed by atoms with Gasteiger partial charge in [-0.25, -0.2) is 0 Å². The lowest BCUT2D eigenvalue weighted by molar-refractivity contribution is 0.249. The van der Waals surface area contributed by atoms with Crippen LogP contribution in [0, 0.1) is 0 Å². The van der Waals surface area contributed by atoms with Crippen molar-refractivity contribution in [2.45, 2.75) is 25.9 Å². The molecule has 18 heavy (non-hydrogen) atoms. The molecule has 2 nitrogen and oxygen atoms in total. The van der Waals surface area contributed by atoms with Gasteiger partial charge in [0.2, 0.25) is 0 Å². The van der Waals surface area contributed by atoms with Crippen LogP contribution in [0.4, 0.5) is 5.00 Å². The van der Waals surface area contributed by atoms with Gasteiger partial charge in [-0.3, -0.25) is 4.90 Å². The summed E-state index contributed by atoms with van der Waals surface area (Å²) in [6.07, 6.45) is 1.06. The summed E-state index contributed by atoms with van der Waals surface area (Å²) in [5, 5.41) is 0.905. The molecule has 1 heterocycles. The monoisotopic (exact) mass is 260 g/mol.